The number of fused-ring (bicyclic) bond motifs is 2. The summed E-state index contributed by atoms with van der Waals surface area (Å²) in [5, 5.41) is 8.32. The highest BCUT2D eigenvalue weighted by molar-refractivity contribution is 6.15. The number of aromatic nitrogens is 4. The standard InChI is InChI=1S/C27H28N6O3/c1-7-31(6)26(35)17(4)29-25(34)18(5)32-15-28-24-21(9-8-10-22(24)27(32)36)19-11-12-23-20(13-19)14-33(30-23)16(2)3/h8-16H,4-5,7H2,1-3,6H3,(H,29,34). The average Bonchev–Trinajstić information content (AvgIpc) is 3.31. The van der Waals surface area contributed by atoms with Gasteiger partial charge in [0.15, 0.2) is 0 Å². The van der Waals surface area contributed by atoms with Crippen LogP contribution in [0, 0.1) is 0 Å². The minimum absolute atomic E-state index is 0.106. The quantitative estimate of drug-likeness (QED) is 0.404. The number of para-hydroxylation sites is 1. The Morgan fingerprint density at radius 3 is 2.61 bits per heavy atom. The molecule has 0 fully saturated rings. The molecule has 0 saturated heterocycles. The lowest BCUT2D eigenvalue weighted by molar-refractivity contribution is -0.127. The summed E-state index contributed by atoms with van der Waals surface area (Å²) >= 11 is 0. The highest BCUT2D eigenvalue weighted by Crippen LogP contribution is 2.29. The molecule has 0 atom stereocenters. The van der Waals surface area contributed by atoms with Crippen molar-refractivity contribution in [1.82, 2.24) is 29.5 Å². The molecule has 2 heterocycles. The number of nitrogens with zero attached hydrogens (tertiary/aromatic N) is 5. The topological polar surface area (TPSA) is 102 Å². The van der Waals surface area contributed by atoms with Gasteiger partial charge in [-0.05, 0) is 44.5 Å². The molecule has 1 N–H and O–H groups in total. The maximum atomic E-state index is 13.3. The Kier molecular flexibility index (Phi) is 6.57. The fourth-order valence-electron chi connectivity index (χ4n) is 3.80. The van der Waals surface area contributed by atoms with E-state index < -0.39 is 17.4 Å². The summed E-state index contributed by atoms with van der Waals surface area (Å²) in [4.78, 5) is 44.1. The van der Waals surface area contributed by atoms with E-state index >= 15 is 0 Å². The molecule has 0 spiro atoms. The van der Waals surface area contributed by atoms with Gasteiger partial charge >= 0.3 is 0 Å². The third-order valence-electron chi connectivity index (χ3n) is 6.05. The second-order valence-electron chi connectivity index (χ2n) is 8.80. The monoisotopic (exact) mass is 484 g/mol. The third-order valence-corrected chi connectivity index (χ3v) is 6.05. The van der Waals surface area contributed by atoms with Crippen molar-refractivity contribution in [3.63, 3.8) is 0 Å². The molecule has 2 aromatic heterocycles. The molecule has 9 nitrogen and oxygen atoms in total. The van der Waals surface area contributed by atoms with E-state index in [0.717, 1.165) is 26.6 Å². The SMILES string of the molecule is C=C(NC(=O)C(=C)n1cnc2c(-c3ccc4nn(C(C)C)cc4c3)cccc2c1=O)C(=O)N(C)CC. The highest BCUT2D eigenvalue weighted by atomic mass is 16.2. The van der Waals surface area contributed by atoms with E-state index in [1.165, 1.54) is 11.2 Å². The van der Waals surface area contributed by atoms with Gasteiger partial charge in [-0.1, -0.05) is 31.4 Å². The van der Waals surface area contributed by atoms with E-state index in [4.69, 9.17) is 0 Å². The predicted octanol–water partition coefficient (Wildman–Crippen LogP) is 3.57. The summed E-state index contributed by atoms with van der Waals surface area (Å²) in [6.07, 6.45) is 3.27. The fourth-order valence-corrected chi connectivity index (χ4v) is 3.80. The molecule has 184 valence electrons. The molecule has 4 rings (SSSR count). The Bertz CT molecular complexity index is 1590. The van der Waals surface area contributed by atoms with Crippen LogP contribution in [0.1, 0.15) is 26.8 Å². The van der Waals surface area contributed by atoms with E-state index in [1.54, 1.807) is 26.1 Å². The van der Waals surface area contributed by atoms with Crippen molar-refractivity contribution in [3.05, 3.63) is 78.1 Å². The van der Waals surface area contributed by atoms with E-state index in [0.29, 0.717) is 17.4 Å². The van der Waals surface area contributed by atoms with Crippen molar-refractivity contribution in [1.29, 1.82) is 0 Å². The first-order chi connectivity index (χ1) is 17.1. The van der Waals surface area contributed by atoms with Gasteiger partial charge in [-0.2, -0.15) is 5.10 Å². The molecule has 0 unspecified atom stereocenters. The molecule has 9 heteroatoms. The number of likely N-dealkylation sites (N-methyl/N-ethyl adjacent to an activating group) is 1. The number of nitrogens with one attached hydrogen (secondary N) is 1. The van der Waals surface area contributed by atoms with E-state index in [9.17, 15) is 14.4 Å². The predicted molar refractivity (Wildman–Crippen MR) is 141 cm³/mol. The zero-order chi connectivity index (χ0) is 26.1. The molecule has 0 radical (unpaired) electrons. The Morgan fingerprint density at radius 2 is 1.92 bits per heavy atom. The first-order valence-corrected chi connectivity index (χ1v) is 11.6. The normalized spacial score (nSPS) is 11.1. The van der Waals surface area contributed by atoms with Crippen molar-refractivity contribution < 1.29 is 9.59 Å². The van der Waals surface area contributed by atoms with E-state index in [1.807, 2.05) is 35.1 Å². The van der Waals surface area contributed by atoms with Crippen LogP contribution in [0.15, 0.2) is 72.6 Å². The Labute approximate surface area is 208 Å². The summed E-state index contributed by atoms with van der Waals surface area (Å²) in [6, 6.07) is 11.5. The molecule has 0 aliphatic heterocycles. The lowest BCUT2D eigenvalue weighted by Gasteiger charge is -2.17. The number of hydrogen-bond donors (Lipinski definition) is 1. The van der Waals surface area contributed by atoms with Crippen molar-refractivity contribution in [3.8, 4) is 11.1 Å². The minimum Gasteiger partial charge on any atom is -0.341 e. The zero-order valence-electron chi connectivity index (χ0n) is 20.8. The Morgan fingerprint density at radius 1 is 1.17 bits per heavy atom. The molecule has 4 aromatic rings. The van der Waals surface area contributed by atoms with Crippen LogP contribution in [0.4, 0.5) is 0 Å². The molecule has 0 saturated carbocycles. The van der Waals surface area contributed by atoms with Crippen molar-refractivity contribution in [2.45, 2.75) is 26.8 Å². The van der Waals surface area contributed by atoms with Gasteiger partial charge < -0.3 is 10.2 Å². The smallest absolute Gasteiger partial charge is 0.272 e. The lowest BCUT2D eigenvalue weighted by atomic mass is 10.0. The summed E-state index contributed by atoms with van der Waals surface area (Å²) in [5.74, 6) is -1.15. The van der Waals surface area contributed by atoms with Crippen LogP contribution in [-0.2, 0) is 9.59 Å². The molecule has 0 aliphatic carbocycles. The van der Waals surface area contributed by atoms with Crippen LogP contribution in [0.3, 0.4) is 0 Å². The molecule has 2 amide bonds. The second-order valence-corrected chi connectivity index (χ2v) is 8.80. The zero-order valence-corrected chi connectivity index (χ0v) is 20.8. The van der Waals surface area contributed by atoms with Gasteiger partial charge in [-0.3, -0.25) is 23.6 Å². The van der Waals surface area contributed by atoms with Gasteiger partial charge in [0.05, 0.1) is 22.1 Å². The first kappa shape index (κ1) is 24.6. The van der Waals surface area contributed by atoms with Crippen LogP contribution in [-0.4, -0.2) is 49.6 Å². The van der Waals surface area contributed by atoms with Gasteiger partial charge in [-0.25, -0.2) is 4.98 Å². The lowest BCUT2D eigenvalue weighted by Crippen LogP contribution is -2.37. The Balaban J connectivity index is 1.68. The summed E-state index contributed by atoms with van der Waals surface area (Å²) in [6.45, 7) is 13.7. The highest BCUT2D eigenvalue weighted by Gasteiger charge is 2.19. The van der Waals surface area contributed by atoms with Crippen LogP contribution < -0.4 is 10.9 Å². The maximum Gasteiger partial charge on any atom is 0.272 e. The third kappa shape index (κ3) is 4.43. The van der Waals surface area contributed by atoms with Crippen LogP contribution in [0.2, 0.25) is 0 Å². The van der Waals surface area contributed by atoms with Gasteiger partial charge in [0, 0.05) is 36.8 Å². The van der Waals surface area contributed by atoms with Crippen molar-refractivity contribution in [2.75, 3.05) is 13.6 Å². The van der Waals surface area contributed by atoms with Gasteiger partial charge in [0.1, 0.15) is 12.0 Å². The molecular weight excluding hydrogens is 456 g/mol. The number of hydrogen-bond acceptors (Lipinski definition) is 5. The fraction of sp³-hybridized carbons (Fsp3) is 0.222. The molecule has 2 aromatic carbocycles. The van der Waals surface area contributed by atoms with Gasteiger partial charge in [-0.15, -0.1) is 0 Å². The summed E-state index contributed by atoms with van der Waals surface area (Å²) in [5.41, 5.74) is 2.35. The molecular formula is C27H28N6O3. The van der Waals surface area contributed by atoms with Crippen LogP contribution >= 0.6 is 0 Å². The van der Waals surface area contributed by atoms with Crippen molar-refractivity contribution >= 4 is 39.3 Å². The summed E-state index contributed by atoms with van der Waals surface area (Å²) < 4.78 is 2.98. The van der Waals surface area contributed by atoms with Gasteiger partial charge in [0.25, 0.3) is 17.4 Å². The molecule has 0 bridgehead atoms. The number of rotatable bonds is 7. The molecule has 0 aliphatic rings. The number of carbonyl (C=O) groups is 2. The van der Waals surface area contributed by atoms with Crippen LogP contribution in [0.5, 0.6) is 0 Å². The maximum absolute atomic E-state index is 13.3. The number of benzene rings is 2. The number of carbonyl (C=O) groups excluding carboxylic acids is 2. The Hall–Kier alpha value is -4.53. The van der Waals surface area contributed by atoms with Gasteiger partial charge in [0.2, 0.25) is 0 Å². The minimum atomic E-state index is -0.718. The first-order valence-electron chi connectivity index (χ1n) is 11.6. The average molecular weight is 485 g/mol. The summed E-state index contributed by atoms with van der Waals surface area (Å²) in [7, 11) is 1.60. The second kappa shape index (κ2) is 9.61. The van der Waals surface area contributed by atoms with E-state index in [2.05, 4.69) is 42.4 Å². The molecule has 36 heavy (non-hydrogen) atoms. The van der Waals surface area contributed by atoms with Crippen LogP contribution in [0.25, 0.3) is 38.6 Å². The largest absolute Gasteiger partial charge is 0.341 e. The number of amides is 2. The van der Waals surface area contributed by atoms with E-state index in [-0.39, 0.29) is 17.4 Å². The van der Waals surface area contributed by atoms with Crippen molar-refractivity contribution in [2.24, 2.45) is 0 Å².